The van der Waals surface area contributed by atoms with E-state index in [0.29, 0.717) is 13.0 Å². The van der Waals surface area contributed by atoms with Crippen LogP contribution in [0.15, 0.2) is 0 Å². The maximum Gasteiger partial charge on any atom is 0.221 e. The molecule has 0 bridgehead atoms. The van der Waals surface area contributed by atoms with Crippen LogP contribution in [0.4, 0.5) is 0 Å². The van der Waals surface area contributed by atoms with Crippen molar-refractivity contribution in [2.24, 2.45) is 11.5 Å². The largest absolute Gasteiger partial charge is 0.356 e. The van der Waals surface area contributed by atoms with Crippen molar-refractivity contribution in [3.63, 3.8) is 0 Å². The van der Waals surface area contributed by atoms with Crippen LogP contribution in [0.5, 0.6) is 0 Å². The molecule has 16 heavy (non-hydrogen) atoms. The number of nitrogens with one attached hydrogen (secondary N) is 1. The lowest BCUT2D eigenvalue weighted by Crippen LogP contribution is -2.46. The summed E-state index contributed by atoms with van der Waals surface area (Å²) in [5.41, 5.74) is 11.4. The van der Waals surface area contributed by atoms with Gasteiger partial charge in [-0.1, -0.05) is 19.3 Å². The molecule has 0 radical (unpaired) electrons. The number of carbonyl (C=O) groups excluding carboxylic acids is 1. The summed E-state index contributed by atoms with van der Waals surface area (Å²) in [6.45, 7) is 1.42. The maximum absolute atomic E-state index is 11.7. The molecule has 1 fully saturated rings. The van der Waals surface area contributed by atoms with E-state index in [1.54, 1.807) is 0 Å². The highest BCUT2D eigenvalue weighted by atomic mass is 16.1. The summed E-state index contributed by atoms with van der Waals surface area (Å²) in [6.07, 6.45) is 7.97. The summed E-state index contributed by atoms with van der Waals surface area (Å²) >= 11 is 0. The minimum Gasteiger partial charge on any atom is -0.356 e. The highest BCUT2D eigenvalue weighted by molar-refractivity contribution is 5.77. The zero-order valence-corrected chi connectivity index (χ0v) is 10.1. The summed E-state index contributed by atoms with van der Waals surface area (Å²) in [7, 11) is 0. The van der Waals surface area contributed by atoms with Gasteiger partial charge in [0.15, 0.2) is 0 Å². The van der Waals surface area contributed by atoms with Crippen LogP contribution in [0.1, 0.15) is 51.4 Å². The fraction of sp³-hybridized carbons (Fsp3) is 0.917. The minimum absolute atomic E-state index is 0.0985. The molecule has 1 aliphatic carbocycles. The standard InChI is InChI=1S/C12H25N3O/c13-8-4-5-9-15-11(16)10-12(14)6-2-1-3-7-12/h1-10,13-14H2,(H,15,16). The summed E-state index contributed by atoms with van der Waals surface area (Å²) in [5.74, 6) is 0.0985. The van der Waals surface area contributed by atoms with Gasteiger partial charge in [-0.2, -0.15) is 0 Å². The first-order valence-electron chi connectivity index (χ1n) is 6.42. The van der Waals surface area contributed by atoms with Gasteiger partial charge < -0.3 is 16.8 Å². The van der Waals surface area contributed by atoms with Crippen molar-refractivity contribution in [1.82, 2.24) is 5.32 Å². The van der Waals surface area contributed by atoms with Crippen molar-refractivity contribution >= 4 is 5.91 Å². The van der Waals surface area contributed by atoms with Crippen LogP contribution in [0.2, 0.25) is 0 Å². The Kier molecular flexibility index (Phi) is 5.77. The van der Waals surface area contributed by atoms with E-state index in [2.05, 4.69) is 5.32 Å². The Bertz CT molecular complexity index is 212. The molecule has 4 heteroatoms. The molecule has 0 aromatic heterocycles. The fourth-order valence-corrected chi connectivity index (χ4v) is 2.31. The number of hydrogen-bond donors (Lipinski definition) is 3. The normalized spacial score (nSPS) is 19.4. The molecule has 0 spiro atoms. The van der Waals surface area contributed by atoms with Gasteiger partial charge in [-0.05, 0) is 32.2 Å². The van der Waals surface area contributed by atoms with Crippen LogP contribution >= 0.6 is 0 Å². The van der Waals surface area contributed by atoms with Crippen LogP contribution in [0, 0.1) is 0 Å². The number of rotatable bonds is 6. The molecular formula is C12H25N3O. The number of unbranched alkanes of at least 4 members (excludes halogenated alkanes) is 1. The van der Waals surface area contributed by atoms with E-state index in [-0.39, 0.29) is 11.4 Å². The van der Waals surface area contributed by atoms with Crippen molar-refractivity contribution in [3.05, 3.63) is 0 Å². The SMILES string of the molecule is NCCCCNC(=O)CC1(N)CCCCC1. The number of carbonyl (C=O) groups is 1. The van der Waals surface area contributed by atoms with E-state index in [1.807, 2.05) is 0 Å². The second-order valence-electron chi connectivity index (χ2n) is 4.95. The zero-order valence-electron chi connectivity index (χ0n) is 10.1. The van der Waals surface area contributed by atoms with Crippen molar-refractivity contribution < 1.29 is 4.79 Å². The summed E-state index contributed by atoms with van der Waals surface area (Å²) in [4.78, 5) is 11.7. The Morgan fingerprint density at radius 3 is 2.50 bits per heavy atom. The van der Waals surface area contributed by atoms with Crippen LogP contribution in [-0.2, 0) is 4.79 Å². The van der Waals surface area contributed by atoms with Crippen LogP contribution in [-0.4, -0.2) is 24.5 Å². The zero-order chi connectivity index (χ0) is 11.9. The summed E-state index contributed by atoms with van der Waals surface area (Å²) in [6, 6.07) is 0. The molecule has 1 rings (SSSR count). The molecule has 0 atom stereocenters. The van der Waals surface area contributed by atoms with Crippen LogP contribution in [0.3, 0.4) is 0 Å². The third kappa shape index (κ3) is 4.94. The van der Waals surface area contributed by atoms with Gasteiger partial charge in [-0.15, -0.1) is 0 Å². The van der Waals surface area contributed by atoms with Gasteiger partial charge in [0.25, 0.3) is 0 Å². The minimum atomic E-state index is -0.240. The van der Waals surface area contributed by atoms with Crippen molar-refractivity contribution in [2.45, 2.75) is 56.9 Å². The molecule has 0 saturated heterocycles. The van der Waals surface area contributed by atoms with E-state index in [1.165, 1.54) is 6.42 Å². The maximum atomic E-state index is 11.7. The molecule has 5 N–H and O–H groups in total. The molecule has 0 aliphatic heterocycles. The molecule has 94 valence electrons. The first-order chi connectivity index (χ1) is 7.66. The Balaban J connectivity index is 2.17. The number of hydrogen-bond acceptors (Lipinski definition) is 3. The van der Waals surface area contributed by atoms with Crippen LogP contribution < -0.4 is 16.8 Å². The van der Waals surface area contributed by atoms with E-state index >= 15 is 0 Å². The summed E-state index contributed by atoms with van der Waals surface area (Å²) in [5, 5.41) is 2.92. The molecule has 0 aromatic rings. The number of nitrogens with two attached hydrogens (primary N) is 2. The lowest BCUT2D eigenvalue weighted by Gasteiger charge is -2.32. The molecule has 0 heterocycles. The third-order valence-corrected chi connectivity index (χ3v) is 3.32. The fourth-order valence-electron chi connectivity index (χ4n) is 2.31. The molecule has 0 aromatic carbocycles. The molecular weight excluding hydrogens is 202 g/mol. The van der Waals surface area contributed by atoms with Crippen molar-refractivity contribution in [1.29, 1.82) is 0 Å². The highest BCUT2D eigenvalue weighted by Gasteiger charge is 2.29. The Morgan fingerprint density at radius 1 is 1.19 bits per heavy atom. The first kappa shape index (κ1) is 13.5. The summed E-state index contributed by atoms with van der Waals surface area (Å²) < 4.78 is 0. The van der Waals surface area contributed by atoms with Gasteiger partial charge in [-0.25, -0.2) is 0 Å². The average molecular weight is 227 g/mol. The molecule has 1 amide bonds. The van der Waals surface area contributed by atoms with Crippen molar-refractivity contribution in [2.75, 3.05) is 13.1 Å². The number of amides is 1. The van der Waals surface area contributed by atoms with Gasteiger partial charge in [-0.3, -0.25) is 4.79 Å². The Labute approximate surface area is 98.1 Å². The van der Waals surface area contributed by atoms with Gasteiger partial charge in [0.2, 0.25) is 5.91 Å². The van der Waals surface area contributed by atoms with Crippen LogP contribution in [0.25, 0.3) is 0 Å². The molecule has 0 unspecified atom stereocenters. The third-order valence-electron chi connectivity index (χ3n) is 3.32. The van der Waals surface area contributed by atoms with Gasteiger partial charge >= 0.3 is 0 Å². The predicted molar refractivity (Wildman–Crippen MR) is 65.9 cm³/mol. The second-order valence-corrected chi connectivity index (χ2v) is 4.95. The van der Waals surface area contributed by atoms with E-state index < -0.39 is 0 Å². The topological polar surface area (TPSA) is 81.1 Å². The molecule has 1 saturated carbocycles. The Hall–Kier alpha value is -0.610. The van der Waals surface area contributed by atoms with Gasteiger partial charge in [0, 0.05) is 18.5 Å². The quantitative estimate of drug-likeness (QED) is 0.590. The lowest BCUT2D eigenvalue weighted by molar-refractivity contribution is -0.122. The highest BCUT2D eigenvalue weighted by Crippen LogP contribution is 2.28. The van der Waals surface area contributed by atoms with E-state index in [0.717, 1.165) is 45.1 Å². The van der Waals surface area contributed by atoms with E-state index in [4.69, 9.17) is 11.5 Å². The Morgan fingerprint density at radius 2 is 1.88 bits per heavy atom. The lowest BCUT2D eigenvalue weighted by atomic mass is 9.80. The molecule has 1 aliphatic rings. The molecule has 4 nitrogen and oxygen atoms in total. The van der Waals surface area contributed by atoms with Gasteiger partial charge in [0.05, 0.1) is 0 Å². The van der Waals surface area contributed by atoms with E-state index in [9.17, 15) is 4.79 Å². The van der Waals surface area contributed by atoms with Crippen molar-refractivity contribution in [3.8, 4) is 0 Å². The predicted octanol–water partition coefficient (Wildman–Crippen LogP) is 0.893. The van der Waals surface area contributed by atoms with Gasteiger partial charge in [0.1, 0.15) is 0 Å². The smallest absolute Gasteiger partial charge is 0.221 e. The average Bonchev–Trinajstić information content (AvgIpc) is 2.25. The monoisotopic (exact) mass is 227 g/mol. The second kappa shape index (κ2) is 6.86. The first-order valence-corrected chi connectivity index (χ1v) is 6.42.